The number of ether oxygens (including phenoxy) is 1. The molecule has 1 saturated carbocycles. The first-order valence-corrected chi connectivity index (χ1v) is 6.44. The van der Waals surface area contributed by atoms with Gasteiger partial charge < -0.3 is 9.84 Å². The van der Waals surface area contributed by atoms with E-state index in [0.29, 0.717) is 23.9 Å². The molecule has 0 spiro atoms. The van der Waals surface area contributed by atoms with Gasteiger partial charge in [0.1, 0.15) is 0 Å². The fourth-order valence-electron chi connectivity index (χ4n) is 3.50. The summed E-state index contributed by atoms with van der Waals surface area (Å²) in [7, 11) is 0. The number of hydrogen-bond donors (Lipinski definition) is 1. The molecule has 2 aliphatic rings. The minimum absolute atomic E-state index is 0.137. The first-order chi connectivity index (χ1) is 7.11. The Morgan fingerprint density at radius 1 is 1.07 bits per heavy atom. The van der Waals surface area contributed by atoms with Crippen LogP contribution in [0.5, 0.6) is 0 Å². The molecule has 5 unspecified atom stereocenters. The maximum Gasteiger partial charge on any atom is 0.0624 e. The van der Waals surface area contributed by atoms with Gasteiger partial charge in [0.15, 0.2) is 0 Å². The second-order valence-electron chi connectivity index (χ2n) is 5.52. The fourth-order valence-corrected chi connectivity index (χ4v) is 3.50. The van der Waals surface area contributed by atoms with Gasteiger partial charge in [-0.05, 0) is 38.5 Å². The molecular weight excluding hydrogens is 188 g/mol. The van der Waals surface area contributed by atoms with Gasteiger partial charge in [0.2, 0.25) is 0 Å². The van der Waals surface area contributed by atoms with Gasteiger partial charge in [-0.25, -0.2) is 0 Å². The first kappa shape index (κ1) is 11.4. The molecule has 2 nitrogen and oxygen atoms in total. The molecule has 15 heavy (non-hydrogen) atoms. The van der Waals surface area contributed by atoms with Crippen molar-refractivity contribution in [2.24, 2.45) is 17.8 Å². The normalized spacial score (nSPS) is 44.8. The lowest BCUT2D eigenvalue weighted by molar-refractivity contribution is 0.000266. The largest absolute Gasteiger partial charge is 0.392 e. The van der Waals surface area contributed by atoms with Gasteiger partial charge in [-0.3, -0.25) is 0 Å². The summed E-state index contributed by atoms with van der Waals surface area (Å²) in [4.78, 5) is 0. The summed E-state index contributed by atoms with van der Waals surface area (Å²) in [6, 6.07) is 0. The van der Waals surface area contributed by atoms with Crippen LogP contribution in [0, 0.1) is 17.8 Å². The van der Waals surface area contributed by atoms with E-state index < -0.39 is 0 Å². The second kappa shape index (κ2) is 4.42. The van der Waals surface area contributed by atoms with E-state index in [1.54, 1.807) is 0 Å². The topological polar surface area (TPSA) is 29.5 Å². The standard InChI is InChI=1S/C13H24O2/c1-8-9(2)15-10(3)12(8)13(14)11-6-4-5-7-11/h8-14H,4-7H2,1-3H3. The second-order valence-corrected chi connectivity index (χ2v) is 5.52. The van der Waals surface area contributed by atoms with Crippen LogP contribution in [0.1, 0.15) is 46.5 Å². The first-order valence-electron chi connectivity index (χ1n) is 6.44. The molecule has 0 aromatic rings. The van der Waals surface area contributed by atoms with Gasteiger partial charge in [0, 0.05) is 5.92 Å². The van der Waals surface area contributed by atoms with E-state index >= 15 is 0 Å². The van der Waals surface area contributed by atoms with Crippen LogP contribution in [0.3, 0.4) is 0 Å². The average molecular weight is 212 g/mol. The Kier molecular flexibility index (Phi) is 3.36. The predicted molar refractivity (Wildman–Crippen MR) is 60.6 cm³/mol. The van der Waals surface area contributed by atoms with Crippen molar-refractivity contribution in [2.75, 3.05) is 0 Å². The predicted octanol–water partition coefficient (Wildman–Crippen LogP) is 2.60. The van der Waals surface area contributed by atoms with E-state index in [9.17, 15) is 5.11 Å². The maximum atomic E-state index is 10.4. The zero-order valence-electron chi connectivity index (χ0n) is 10.1. The Labute approximate surface area is 93.0 Å². The molecule has 0 amide bonds. The zero-order chi connectivity index (χ0) is 11.0. The van der Waals surface area contributed by atoms with Crippen molar-refractivity contribution in [3.05, 3.63) is 0 Å². The lowest BCUT2D eigenvalue weighted by Crippen LogP contribution is -2.35. The van der Waals surface area contributed by atoms with E-state index in [1.165, 1.54) is 25.7 Å². The molecule has 0 aromatic carbocycles. The maximum absolute atomic E-state index is 10.4. The van der Waals surface area contributed by atoms with E-state index in [1.807, 2.05) is 0 Å². The Morgan fingerprint density at radius 3 is 2.13 bits per heavy atom. The van der Waals surface area contributed by atoms with Crippen LogP contribution in [0.4, 0.5) is 0 Å². The third-order valence-electron chi connectivity index (χ3n) is 4.60. The summed E-state index contributed by atoms with van der Waals surface area (Å²) in [5.74, 6) is 1.38. The third-order valence-corrected chi connectivity index (χ3v) is 4.60. The molecule has 88 valence electrons. The quantitative estimate of drug-likeness (QED) is 0.762. The van der Waals surface area contributed by atoms with Crippen molar-refractivity contribution in [1.29, 1.82) is 0 Å². The highest BCUT2D eigenvalue weighted by Gasteiger charge is 2.43. The highest BCUT2D eigenvalue weighted by Crippen LogP contribution is 2.40. The van der Waals surface area contributed by atoms with Crippen LogP contribution in [0.2, 0.25) is 0 Å². The van der Waals surface area contributed by atoms with E-state index in [4.69, 9.17) is 4.74 Å². The monoisotopic (exact) mass is 212 g/mol. The van der Waals surface area contributed by atoms with Crippen molar-refractivity contribution in [2.45, 2.75) is 64.8 Å². The highest BCUT2D eigenvalue weighted by atomic mass is 16.5. The molecule has 1 heterocycles. The fraction of sp³-hybridized carbons (Fsp3) is 1.00. The van der Waals surface area contributed by atoms with E-state index in [0.717, 1.165) is 0 Å². The van der Waals surface area contributed by atoms with Gasteiger partial charge in [-0.1, -0.05) is 19.8 Å². The summed E-state index contributed by atoms with van der Waals surface area (Å²) in [6.07, 6.45) is 5.42. The Morgan fingerprint density at radius 2 is 1.67 bits per heavy atom. The average Bonchev–Trinajstić information content (AvgIpc) is 2.76. The number of aliphatic hydroxyl groups excluding tert-OH is 1. The van der Waals surface area contributed by atoms with Gasteiger partial charge in [-0.15, -0.1) is 0 Å². The van der Waals surface area contributed by atoms with Crippen molar-refractivity contribution in [3.63, 3.8) is 0 Å². The van der Waals surface area contributed by atoms with Crippen LogP contribution >= 0.6 is 0 Å². The molecule has 1 N–H and O–H groups in total. The van der Waals surface area contributed by atoms with Crippen LogP contribution in [-0.4, -0.2) is 23.4 Å². The summed E-state index contributed by atoms with van der Waals surface area (Å²) in [5.41, 5.74) is 0. The smallest absolute Gasteiger partial charge is 0.0624 e. The summed E-state index contributed by atoms with van der Waals surface area (Å²) in [6.45, 7) is 6.46. The number of hydrogen-bond acceptors (Lipinski definition) is 2. The van der Waals surface area contributed by atoms with Crippen molar-refractivity contribution < 1.29 is 9.84 Å². The molecule has 2 fully saturated rings. The summed E-state index contributed by atoms with van der Waals surface area (Å²) < 4.78 is 5.81. The SMILES string of the molecule is CC1OC(C)C(C(O)C2CCCC2)C1C. The van der Waals surface area contributed by atoms with Crippen LogP contribution in [0.25, 0.3) is 0 Å². The molecule has 2 heteroatoms. The molecule has 0 radical (unpaired) electrons. The Hall–Kier alpha value is -0.0800. The minimum Gasteiger partial charge on any atom is -0.392 e. The third kappa shape index (κ3) is 2.07. The van der Waals surface area contributed by atoms with Gasteiger partial charge in [-0.2, -0.15) is 0 Å². The van der Waals surface area contributed by atoms with Crippen molar-refractivity contribution in [1.82, 2.24) is 0 Å². The van der Waals surface area contributed by atoms with Crippen LogP contribution < -0.4 is 0 Å². The van der Waals surface area contributed by atoms with E-state index in [2.05, 4.69) is 20.8 Å². The molecule has 0 bridgehead atoms. The van der Waals surface area contributed by atoms with E-state index in [-0.39, 0.29) is 12.2 Å². The van der Waals surface area contributed by atoms with Gasteiger partial charge >= 0.3 is 0 Å². The van der Waals surface area contributed by atoms with Crippen LogP contribution in [0.15, 0.2) is 0 Å². The lowest BCUT2D eigenvalue weighted by atomic mass is 9.79. The van der Waals surface area contributed by atoms with Crippen molar-refractivity contribution >= 4 is 0 Å². The summed E-state index contributed by atoms with van der Waals surface area (Å²) >= 11 is 0. The van der Waals surface area contributed by atoms with Crippen molar-refractivity contribution in [3.8, 4) is 0 Å². The molecule has 2 rings (SSSR count). The van der Waals surface area contributed by atoms with Crippen LogP contribution in [-0.2, 0) is 4.74 Å². The molecule has 0 aromatic heterocycles. The van der Waals surface area contributed by atoms with Gasteiger partial charge in [0.05, 0.1) is 18.3 Å². The molecule has 1 aliphatic heterocycles. The molecular formula is C13H24O2. The number of rotatable bonds is 2. The van der Waals surface area contributed by atoms with Gasteiger partial charge in [0.25, 0.3) is 0 Å². The highest BCUT2D eigenvalue weighted by molar-refractivity contribution is 4.91. The molecule has 5 atom stereocenters. The summed E-state index contributed by atoms with van der Waals surface area (Å²) in [5, 5.41) is 10.4. The zero-order valence-corrected chi connectivity index (χ0v) is 10.1. The molecule has 1 aliphatic carbocycles. The molecule has 1 saturated heterocycles. The Bertz CT molecular complexity index is 211. The number of aliphatic hydroxyl groups is 1. The minimum atomic E-state index is -0.137. The lowest BCUT2D eigenvalue weighted by Gasteiger charge is -2.29. The Balaban J connectivity index is 2.02.